The zero-order valence-electron chi connectivity index (χ0n) is 10.5. The third kappa shape index (κ3) is 2.86. The average Bonchev–Trinajstić information content (AvgIpc) is 2.82. The maximum absolute atomic E-state index is 9.10. The predicted molar refractivity (Wildman–Crippen MR) is 72.0 cm³/mol. The molecular formula is C13H16N2O2S. The van der Waals surface area contributed by atoms with Gasteiger partial charge in [0.2, 0.25) is 0 Å². The fourth-order valence-corrected chi connectivity index (χ4v) is 2.29. The molecular weight excluding hydrogens is 248 g/mol. The average molecular weight is 264 g/mol. The highest BCUT2D eigenvalue weighted by atomic mass is 32.2. The fraction of sp³-hybridized carbons (Fsp3) is 0.308. The van der Waals surface area contributed by atoms with E-state index in [0.29, 0.717) is 5.69 Å². The topological polar surface area (TPSA) is 47.3 Å². The number of aliphatic hydroxyl groups is 1. The van der Waals surface area contributed by atoms with E-state index in [1.165, 1.54) is 5.56 Å². The lowest BCUT2D eigenvalue weighted by atomic mass is 10.2. The molecule has 0 fully saturated rings. The van der Waals surface area contributed by atoms with Crippen molar-refractivity contribution in [3.63, 3.8) is 0 Å². The van der Waals surface area contributed by atoms with Crippen molar-refractivity contribution in [1.82, 2.24) is 9.55 Å². The summed E-state index contributed by atoms with van der Waals surface area (Å²) in [7, 11) is 1.66. The summed E-state index contributed by atoms with van der Waals surface area (Å²) >= 11 is 1.57. The molecule has 2 aromatic rings. The summed E-state index contributed by atoms with van der Waals surface area (Å²) in [6, 6.07) is 7.94. The van der Waals surface area contributed by atoms with Crippen LogP contribution in [0.1, 0.15) is 11.3 Å². The third-order valence-electron chi connectivity index (χ3n) is 2.65. The summed E-state index contributed by atoms with van der Waals surface area (Å²) in [5.74, 6) is 0.852. The molecule has 96 valence electrons. The number of rotatable bonds is 5. The lowest BCUT2D eigenvalue weighted by Crippen LogP contribution is -1.99. The van der Waals surface area contributed by atoms with Crippen LogP contribution in [0.3, 0.4) is 0 Å². The Morgan fingerprint density at radius 2 is 2.06 bits per heavy atom. The number of imidazole rings is 1. The van der Waals surface area contributed by atoms with Crippen LogP contribution in [0.5, 0.6) is 5.75 Å². The van der Waals surface area contributed by atoms with E-state index >= 15 is 0 Å². The van der Waals surface area contributed by atoms with Gasteiger partial charge in [0, 0.05) is 12.7 Å². The second-order valence-corrected chi connectivity index (χ2v) is 4.63. The second kappa shape index (κ2) is 5.93. The minimum absolute atomic E-state index is 0.0246. The minimum atomic E-state index is -0.0246. The quantitative estimate of drug-likeness (QED) is 0.841. The maximum atomic E-state index is 9.10. The van der Waals surface area contributed by atoms with Crippen LogP contribution in [0.2, 0.25) is 0 Å². The number of aromatic nitrogens is 2. The van der Waals surface area contributed by atoms with Crippen LogP contribution < -0.4 is 4.74 Å². The molecule has 0 aliphatic heterocycles. The Kier molecular flexibility index (Phi) is 4.28. The molecule has 4 nitrogen and oxygen atoms in total. The van der Waals surface area contributed by atoms with Crippen molar-refractivity contribution in [2.45, 2.75) is 18.3 Å². The van der Waals surface area contributed by atoms with Crippen molar-refractivity contribution in [3.8, 4) is 5.75 Å². The number of thioether (sulfide) groups is 1. The van der Waals surface area contributed by atoms with Gasteiger partial charge in [-0.05, 0) is 24.0 Å². The first-order chi connectivity index (χ1) is 8.76. The first kappa shape index (κ1) is 13.0. The summed E-state index contributed by atoms with van der Waals surface area (Å²) in [5.41, 5.74) is 1.88. The summed E-state index contributed by atoms with van der Waals surface area (Å²) in [6.45, 7) is 0.719. The van der Waals surface area contributed by atoms with Gasteiger partial charge in [-0.1, -0.05) is 23.9 Å². The van der Waals surface area contributed by atoms with E-state index in [9.17, 15) is 0 Å². The van der Waals surface area contributed by atoms with Crippen molar-refractivity contribution >= 4 is 11.8 Å². The number of hydrogen-bond donors (Lipinski definition) is 1. The SMILES string of the molecule is COc1ccc(Cn2cc(CO)nc2SC)cc1. The Balaban J connectivity index is 2.18. The molecule has 0 aliphatic carbocycles. The largest absolute Gasteiger partial charge is 0.497 e. The molecule has 18 heavy (non-hydrogen) atoms. The fourth-order valence-electron chi connectivity index (χ4n) is 1.73. The van der Waals surface area contributed by atoms with Gasteiger partial charge in [-0.2, -0.15) is 0 Å². The van der Waals surface area contributed by atoms with Crippen LogP contribution in [0.4, 0.5) is 0 Å². The highest BCUT2D eigenvalue weighted by Gasteiger charge is 2.06. The molecule has 5 heteroatoms. The van der Waals surface area contributed by atoms with Gasteiger partial charge in [0.15, 0.2) is 5.16 Å². The van der Waals surface area contributed by atoms with Gasteiger partial charge in [0.05, 0.1) is 19.4 Å². The molecule has 0 atom stereocenters. The molecule has 0 unspecified atom stereocenters. The molecule has 0 amide bonds. The molecule has 0 spiro atoms. The highest BCUT2D eigenvalue weighted by molar-refractivity contribution is 7.98. The summed E-state index contributed by atoms with van der Waals surface area (Å²) in [5, 5.41) is 10.0. The molecule has 1 N–H and O–H groups in total. The zero-order valence-corrected chi connectivity index (χ0v) is 11.3. The van der Waals surface area contributed by atoms with E-state index in [0.717, 1.165) is 17.5 Å². The molecule has 0 radical (unpaired) electrons. The van der Waals surface area contributed by atoms with Crippen LogP contribution in [0.15, 0.2) is 35.6 Å². The van der Waals surface area contributed by atoms with Crippen LogP contribution in [-0.4, -0.2) is 28.0 Å². The van der Waals surface area contributed by atoms with Crippen LogP contribution >= 0.6 is 11.8 Å². The Bertz CT molecular complexity index is 508. The van der Waals surface area contributed by atoms with E-state index in [4.69, 9.17) is 9.84 Å². The van der Waals surface area contributed by atoms with Gasteiger partial charge < -0.3 is 14.4 Å². The van der Waals surface area contributed by atoms with Gasteiger partial charge in [-0.25, -0.2) is 4.98 Å². The van der Waals surface area contributed by atoms with E-state index < -0.39 is 0 Å². The maximum Gasteiger partial charge on any atom is 0.168 e. The van der Waals surface area contributed by atoms with Crippen molar-refractivity contribution in [2.75, 3.05) is 13.4 Å². The number of methoxy groups -OCH3 is 1. The Labute approximate surface area is 111 Å². The Morgan fingerprint density at radius 3 is 2.61 bits per heavy atom. The monoisotopic (exact) mass is 264 g/mol. The lowest BCUT2D eigenvalue weighted by Gasteiger charge is -2.06. The molecule has 1 heterocycles. The van der Waals surface area contributed by atoms with Crippen molar-refractivity contribution in [2.24, 2.45) is 0 Å². The molecule has 1 aromatic heterocycles. The molecule has 2 rings (SSSR count). The molecule has 1 aromatic carbocycles. The summed E-state index contributed by atoms with van der Waals surface area (Å²) < 4.78 is 7.17. The normalized spacial score (nSPS) is 10.6. The van der Waals surface area contributed by atoms with E-state index in [1.54, 1.807) is 18.9 Å². The van der Waals surface area contributed by atoms with Gasteiger partial charge in [-0.15, -0.1) is 0 Å². The molecule has 0 saturated carbocycles. The number of benzene rings is 1. The van der Waals surface area contributed by atoms with Gasteiger partial charge >= 0.3 is 0 Å². The third-order valence-corrected chi connectivity index (χ3v) is 3.34. The van der Waals surface area contributed by atoms with Crippen LogP contribution in [0.25, 0.3) is 0 Å². The van der Waals surface area contributed by atoms with Crippen molar-refractivity contribution in [1.29, 1.82) is 0 Å². The van der Waals surface area contributed by atoms with E-state index in [-0.39, 0.29) is 6.61 Å². The number of aliphatic hydroxyl groups excluding tert-OH is 1. The standard InChI is InChI=1S/C13H16N2O2S/c1-17-12-5-3-10(4-6-12)7-15-8-11(9-16)14-13(15)18-2/h3-6,8,16H,7,9H2,1-2H3. The van der Waals surface area contributed by atoms with Gasteiger partial charge in [0.25, 0.3) is 0 Å². The molecule has 0 bridgehead atoms. The number of nitrogens with zero attached hydrogens (tertiary/aromatic N) is 2. The highest BCUT2D eigenvalue weighted by Crippen LogP contribution is 2.18. The zero-order chi connectivity index (χ0) is 13.0. The van der Waals surface area contributed by atoms with E-state index in [1.807, 2.05) is 41.3 Å². The summed E-state index contributed by atoms with van der Waals surface area (Å²) in [4.78, 5) is 4.33. The van der Waals surface area contributed by atoms with Crippen LogP contribution in [-0.2, 0) is 13.2 Å². The molecule has 0 saturated heterocycles. The van der Waals surface area contributed by atoms with Gasteiger partial charge in [0.1, 0.15) is 5.75 Å². The van der Waals surface area contributed by atoms with Crippen LogP contribution in [0, 0.1) is 0 Å². The van der Waals surface area contributed by atoms with E-state index in [2.05, 4.69) is 4.98 Å². The first-order valence-electron chi connectivity index (χ1n) is 5.60. The second-order valence-electron chi connectivity index (χ2n) is 3.85. The smallest absolute Gasteiger partial charge is 0.168 e. The number of hydrogen-bond acceptors (Lipinski definition) is 4. The summed E-state index contributed by atoms with van der Waals surface area (Å²) in [6.07, 6.45) is 3.87. The Hall–Kier alpha value is -1.46. The minimum Gasteiger partial charge on any atom is -0.497 e. The first-order valence-corrected chi connectivity index (χ1v) is 6.83. The number of ether oxygens (including phenoxy) is 1. The molecule has 0 aliphatic rings. The Morgan fingerprint density at radius 1 is 1.33 bits per heavy atom. The van der Waals surface area contributed by atoms with Crippen molar-refractivity contribution < 1.29 is 9.84 Å². The van der Waals surface area contributed by atoms with Gasteiger partial charge in [-0.3, -0.25) is 0 Å². The lowest BCUT2D eigenvalue weighted by molar-refractivity contribution is 0.277. The predicted octanol–water partition coefficient (Wildman–Crippen LogP) is 2.15. The van der Waals surface area contributed by atoms with Crippen molar-refractivity contribution in [3.05, 3.63) is 41.7 Å².